The number of benzene rings is 2. The molecule has 2 N–H and O–H groups in total. The molecule has 0 aliphatic carbocycles. The van der Waals surface area contributed by atoms with Gasteiger partial charge in [0.05, 0.1) is 10.7 Å². The molecule has 27 heavy (non-hydrogen) atoms. The third-order valence-corrected chi connectivity index (χ3v) is 4.21. The zero-order chi connectivity index (χ0) is 20.0. The Labute approximate surface area is 166 Å². The van der Waals surface area contributed by atoms with Crippen LogP contribution in [0, 0.1) is 6.92 Å². The Kier molecular flexibility index (Phi) is 7.21. The summed E-state index contributed by atoms with van der Waals surface area (Å²) in [5.74, 6) is -1.71. The van der Waals surface area contributed by atoms with E-state index in [9.17, 15) is 14.4 Å². The topological polar surface area (TPSA) is 84.5 Å². The second-order valence-corrected chi connectivity index (χ2v) is 6.59. The third-order valence-electron chi connectivity index (χ3n) is 3.65. The molecule has 2 rings (SSSR count). The largest absolute Gasteiger partial charge is 0.451 e. The van der Waals surface area contributed by atoms with E-state index >= 15 is 0 Å². The lowest BCUT2D eigenvalue weighted by Gasteiger charge is -2.15. The molecule has 8 heteroatoms. The molecule has 0 fully saturated rings. The van der Waals surface area contributed by atoms with E-state index in [0.29, 0.717) is 21.3 Å². The van der Waals surface area contributed by atoms with Crippen molar-refractivity contribution < 1.29 is 19.1 Å². The fraction of sp³-hybridized carbons (Fsp3) is 0.211. The molecule has 1 atom stereocenters. The number of carbonyl (C=O) groups is 3. The average Bonchev–Trinajstić information content (AvgIpc) is 2.63. The molecule has 142 valence electrons. The van der Waals surface area contributed by atoms with Crippen LogP contribution in [0.4, 0.5) is 5.69 Å². The van der Waals surface area contributed by atoms with Gasteiger partial charge >= 0.3 is 5.97 Å². The molecule has 2 aromatic rings. The molecule has 0 radical (unpaired) electrons. The van der Waals surface area contributed by atoms with E-state index in [2.05, 4.69) is 10.6 Å². The molecule has 0 aliphatic rings. The molecule has 2 amide bonds. The summed E-state index contributed by atoms with van der Waals surface area (Å²) in [4.78, 5) is 36.1. The van der Waals surface area contributed by atoms with E-state index < -0.39 is 23.9 Å². The quantitative estimate of drug-likeness (QED) is 0.714. The Bertz CT molecular complexity index is 871. The van der Waals surface area contributed by atoms with Gasteiger partial charge in [0.2, 0.25) is 0 Å². The summed E-state index contributed by atoms with van der Waals surface area (Å²) in [6, 6.07) is 11.6. The Morgan fingerprint density at radius 1 is 1.11 bits per heavy atom. The molecule has 0 heterocycles. The molecular formula is C19H18Cl2N2O4. The molecule has 0 aliphatic heterocycles. The summed E-state index contributed by atoms with van der Waals surface area (Å²) < 4.78 is 5.03. The highest BCUT2D eigenvalue weighted by Crippen LogP contribution is 2.25. The van der Waals surface area contributed by atoms with Crippen LogP contribution in [-0.2, 0) is 14.3 Å². The highest BCUT2D eigenvalue weighted by Gasteiger charge is 2.19. The maximum absolute atomic E-state index is 12.1. The van der Waals surface area contributed by atoms with Crippen LogP contribution in [0.25, 0.3) is 0 Å². The normalized spacial score (nSPS) is 11.4. The molecule has 1 unspecified atom stereocenters. The average molecular weight is 409 g/mol. The number of halogens is 2. The van der Waals surface area contributed by atoms with Crippen molar-refractivity contribution in [3.8, 4) is 0 Å². The van der Waals surface area contributed by atoms with Gasteiger partial charge in [-0.3, -0.25) is 14.4 Å². The first-order valence-corrected chi connectivity index (χ1v) is 8.82. The van der Waals surface area contributed by atoms with Gasteiger partial charge in [-0.2, -0.15) is 0 Å². The van der Waals surface area contributed by atoms with Crippen LogP contribution < -0.4 is 10.6 Å². The van der Waals surface area contributed by atoms with Crippen LogP contribution >= 0.6 is 23.2 Å². The number of hydrogen-bond acceptors (Lipinski definition) is 4. The van der Waals surface area contributed by atoms with Crippen molar-refractivity contribution in [3.63, 3.8) is 0 Å². The molecule has 0 saturated carbocycles. The lowest BCUT2D eigenvalue weighted by molar-refractivity contribution is -0.152. The van der Waals surface area contributed by atoms with Crippen LogP contribution in [0.1, 0.15) is 22.8 Å². The highest BCUT2D eigenvalue weighted by atomic mass is 35.5. The summed E-state index contributed by atoms with van der Waals surface area (Å²) in [6.07, 6.45) is -1.08. The summed E-state index contributed by atoms with van der Waals surface area (Å²) in [6.45, 7) is 2.85. The molecular weight excluding hydrogens is 391 g/mol. The Balaban J connectivity index is 1.86. The van der Waals surface area contributed by atoms with Crippen molar-refractivity contribution in [2.45, 2.75) is 20.0 Å². The molecule has 0 spiro atoms. The van der Waals surface area contributed by atoms with Gasteiger partial charge in [-0.25, -0.2) is 0 Å². The van der Waals surface area contributed by atoms with Crippen molar-refractivity contribution in [2.24, 2.45) is 0 Å². The Hall–Kier alpha value is -2.57. The van der Waals surface area contributed by atoms with Gasteiger partial charge in [-0.05, 0) is 43.7 Å². The van der Waals surface area contributed by atoms with Gasteiger partial charge in [0, 0.05) is 10.6 Å². The Morgan fingerprint density at radius 2 is 1.81 bits per heavy atom. The number of aryl methyl sites for hydroxylation is 1. The predicted molar refractivity (Wildman–Crippen MR) is 104 cm³/mol. The number of anilines is 1. The lowest BCUT2D eigenvalue weighted by atomic mass is 10.1. The number of hydrogen-bond donors (Lipinski definition) is 2. The van der Waals surface area contributed by atoms with Gasteiger partial charge in [0.25, 0.3) is 11.8 Å². The van der Waals surface area contributed by atoms with Crippen molar-refractivity contribution in [2.75, 3.05) is 11.9 Å². The molecule has 6 nitrogen and oxygen atoms in total. The minimum Gasteiger partial charge on any atom is -0.451 e. The first-order chi connectivity index (χ1) is 12.8. The fourth-order valence-electron chi connectivity index (χ4n) is 2.20. The van der Waals surface area contributed by atoms with E-state index in [-0.39, 0.29) is 6.54 Å². The monoisotopic (exact) mass is 408 g/mol. The SMILES string of the molecule is Cc1ccccc1C(=O)NCC(=O)OC(C)C(=O)Nc1cc(Cl)ccc1Cl. The van der Waals surface area contributed by atoms with E-state index in [1.165, 1.54) is 19.1 Å². The van der Waals surface area contributed by atoms with Gasteiger partial charge in [0.1, 0.15) is 6.54 Å². The summed E-state index contributed by atoms with van der Waals surface area (Å²) in [5, 5.41) is 5.70. The summed E-state index contributed by atoms with van der Waals surface area (Å²) in [5.41, 5.74) is 1.56. The number of ether oxygens (including phenoxy) is 1. The maximum Gasteiger partial charge on any atom is 0.326 e. The van der Waals surface area contributed by atoms with Crippen LogP contribution in [0.3, 0.4) is 0 Å². The van der Waals surface area contributed by atoms with E-state index in [1.807, 2.05) is 6.07 Å². The predicted octanol–water partition coefficient (Wildman–Crippen LogP) is 3.60. The van der Waals surface area contributed by atoms with Crippen molar-refractivity contribution >= 4 is 46.7 Å². The second-order valence-electron chi connectivity index (χ2n) is 5.74. The smallest absolute Gasteiger partial charge is 0.326 e. The van der Waals surface area contributed by atoms with Crippen molar-refractivity contribution in [1.29, 1.82) is 0 Å². The standard InChI is InChI=1S/C19H18Cl2N2O4/c1-11-5-3-4-6-14(11)19(26)22-10-17(24)27-12(2)18(25)23-16-9-13(20)7-8-15(16)21/h3-9,12H,10H2,1-2H3,(H,22,26)(H,23,25). The van der Waals surface area contributed by atoms with E-state index in [1.54, 1.807) is 31.2 Å². The Morgan fingerprint density at radius 3 is 2.52 bits per heavy atom. The molecule has 2 aromatic carbocycles. The second kappa shape index (κ2) is 9.39. The first-order valence-electron chi connectivity index (χ1n) is 8.07. The molecule has 0 saturated heterocycles. The third kappa shape index (κ3) is 5.98. The van der Waals surface area contributed by atoms with Crippen LogP contribution in [-0.4, -0.2) is 30.4 Å². The van der Waals surface area contributed by atoms with Gasteiger partial charge in [0.15, 0.2) is 6.10 Å². The number of amides is 2. The number of nitrogens with one attached hydrogen (secondary N) is 2. The first kappa shape index (κ1) is 20.7. The highest BCUT2D eigenvalue weighted by molar-refractivity contribution is 6.35. The summed E-state index contributed by atoms with van der Waals surface area (Å²) in [7, 11) is 0. The van der Waals surface area contributed by atoms with Gasteiger partial charge in [-0.1, -0.05) is 41.4 Å². The minimum atomic E-state index is -1.08. The molecule has 0 bridgehead atoms. The maximum atomic E-state index is 12.1. The lowest BCUT2D eigenvalue weighted by Crippen LogP contribution is -2.36. The summed E-state index contributed by atoms with van der Waals surface area (Å²) >= 11 is 11.8. The minimum absolute atomic E-state index is 0.303. The van der Waals surface area contributed by atoms with Crippen molar-refractivity contribution in [3.05, 3.63) is 63.6 Å². The molecule has 0 aromatic heterocycles. The van der Waals surface area contributed by atoms with Gasteiger partial charge in [-0.15, -0.1) is 0 Å². The number of carbonyl (C=O) groups excluding carboxylic acids is 3. The van der Waals surface area contributed by atoms with Crippen LogP contribution in [0.5, 0.6) is 0 Å². The van der Waals surface area contributed by atoms with Gasteiger partial charge < -0.3 is 15.4 Å². The van der Waals surface area contributed by atoms with Crippen LogP contribution in [0.15, 0.2) is 42.5 Å². The zero-order valence-electron chi connectivity index (χ0n) is 14.7. The van der Waals surface area contributed by atoms with E-state index in [4.69, 9.17) is 27.9 Å². The van der Waals surface area contributed by atoms with E-state index in [0.717, 1.165) is 5.56 Å². The fourth-order valence-corrected chi connectivity index (χ4v) is 2.53. The van der Waals surface area contributed by atoms with Crippen LogP contribution in [0.2, 0.25) is 10.0 Å². The zero-order valence-corrected chi connectivity index (χ0v) is 16.2. The van der Waals surface area contributed by atoms with Crippen molar-refractivity contribution in [1.82, 2.24) is 5.32 Å². The number of rotatable bonds is 6. The number of esters is 1.